The number of benzene rings is 1. The summed E-state index contributed by atoms with van der Waals surface area (Å²) in [7, 11) is 0. The molecule has 14 nitrogen and oxygen atoms in total. The van der Waals surface area contributed by atoms with Gasteiger partial charge in [0.1, 0.15) is 23.9 Å². The molecule has 4 amide bonds. The van der Waals surface area contributed by atoms with Crippen LogP contribution in [0.4, 0.5) is 0 Å². The van der Waals surface area contributed by atoms with Crippen molar-refractivity contribution in [2.75, 3.05) is 0 Å². The predicted octanol–water partition coefficient (Wildman–Crippen LogP) is -2.19. The highest BCUT2D eigenvalue weighted by atomic mass is 16.4. The first-order chi connectivity index (χ1) is 16.7. The monoisotopic (exact) mass is 509 g/mol. The largest absolute Gasteiger partial charge is 0.508 e. The van der Waals surface area contributed by atoms with E-state index in [-0.39, 0.29) is 12.2 Å². The van der Waals surface area contributed by atoms with Crippen molar-refractivity contribution < 1.29 is 44.1 Å². The van der Waals surface area contributed by atoms with Crippen LogP contribution in [0.2, 0.25) is 0 Å². The van der Waals surface area contributed by atoms with Gasteiger partial charge in [-0.1, -0.05) is 26.0 Å². The number of nitrogens with one attached hydrogen (secondary N) is 3. The Kier molecular flexibility index (Phi) is 11.3. The first-order valence-electron chi connectivity index (χ1n) is 10.9. The maximum Gasteiger partial charge on any atom is 0.326 e. The molecule has 0 aliphatic heterocycles. The Morgan fingerprint density at radius 1 is 0.833 bits per heavy atom. The summed E-state index contributed by atoms with van der Waals surface area (Å²) in [6, 6.07) is -0.0307. The zero-order chi connectivity index (χ0) is 27.6. The van der Waals surface area contributed by atoms with E-state index in [0.717, 1.165) is 0 Å². The van der Waals surface area contributed by atoms with Gasteiger partial charge in [-0.25, -0.2) is 4.79 Å². The molecule has 4 unspecified atom stereocenters. The number of carboxylic acids is 2. The van der Waals surface area contributed by atoms with E-state index < -0.39 is 78.5 Å². The van der Waals surface area contributed by atoms with Gasteiger partial charge < -0.3 is 42.7 Å². The minimum atomic E-state index is -1.64. The summed E-state index contributed by atoms with van der Waals surface area (Å²) in [5.41, 5.74) is 11.0. The molecule has 1 aromatic rings. The summed E-state index contributed by atoms with van der Waals surface area (Å²) < 4.78 is 0. The molecule has 0 aliphatic carbocycles. The Morgan fingerprint density at radius 3 is 1.86 bits per heavy atom. The molecule has 0 saturated carbocycles. The van der Waals surface area contributed by atoms with Crippen LogP contribution in [-0.4, -0.2) is 75.1 Å². The van der Waals surface area contributed by atoms with Gasteiger partial charge in [0.2, 0.25) is 23.6 Å². The maximum absolute atomic E-state index is 12.9. The molecule has 0 heterocycles. The smallest absolute Gasteiger partial charge is 0.326 e. The number of phenolic OH excluding ortho intramolecular Hbond substituents is 1. The highest BCUT2D eigenvalue weighted by molar-refractivity contribution is 5.96. The number of nitrogens with two attached hydrogens (primary N) is 2. The van der Waals surface area contributed by atoms with Crippen LogP contribution < -0.4 is 27.4 Å². The van der Waals surface area contributed by atoms with Crippen molar-refractivity contribution in [3.05, 3.63) is 29.8 Å². The SMILES string of the molecule is CC(C)C(NC(=O)C(CC(=O)O)NC(=O)C(N)CC(N)=O)C(=O)NC(Cc1ccc(O)cc1)C(=O)O. The second-order valence-corrected chi connectivity index (χ2v) is 8.44. The van der Waals surface area contributed by atoms with Crippen LogP contribution in [0.3, 0.4) is 0 Å². The van der Waals surface area contributed by atoms with E-state index in [0.29, 0.717) is 5.56 Å². The van der Waals surface area contributed by atoms with Gasteiger partial charge in [0, 0.05) is 6.42 Å². The predicted molar refractivity (Wildman–Crippen MR) is 124 cm³/mol. The highest BCUT2D eigenvalue weighted by Gasteiger charge is 2.33. The Hall–Kier alpha value is -4.20. The highest BCUT2D eigenvalue weighted by Crippen LogP contribution is 2.12. The van der Waals surface area contributed by atoms with Crippen LogP contribution in [0.5, 0.6) is 5.75 Å². The molecular formula is C22H31N5O9. The lowest BCUT2D eigenvalue weighted by Crippen LogP contribution is -2.59. The number of amides is 4. The van der Waals surface area contributed by atoms with Gasteiger partial charge in [-0.3, -0.25) is 24.0 Å². The molecule has 0 saturated heterocycles. The van der Waals surface area contributed by atoms with Crippen molar-refractivity contribution in [1.82, 2.24) is 16.0 Å². The van der Waals surface area contributed by atoms with E-state index in [4.69, 9.17) is 16.6 Å². The molecule has 4 atom stereocenters. The first kappa shape index (κ1) is 29.8. The number of carboxylic acid groups (broad SMARTS) is 2. The minimum Gasteiger partial charge on any atom is -0.508 e. The van der Waals surface area contributed by atoms with Crippen molar-refractivity contribution in [3.63, 3.8) is 0 Å². The van der Waals surface area contributed by atoms with E-state index in [2.05, 4.69) is 16.0 Å². The van der Waals surface area contributed by atoms with Crippen molar-refractivity contribution in [1.29, 1.82) is 0 Å². The van der Waals surface area contributed by atoms with Crippen molar-refractivity contribution in [2.24, 2.45) is 17.4 Å². The second-order valence-electron chi connectivity index (χ2n) is 8.44. The van der Waals surface area contributed by atoms with Gasteiger partial charge >= 0.3 is 11.9 Å². The first-order valence-corrected chi connectivity index (χ1v) is 10.9. The molecule has 1 aromatic carbocycles. The van der Waals surface area contributed by atoms with Crippen molar-refractivity contribution in [2.45, 2.75) is 57.3 Å². The number of hydrogen-bond donors (Lipinski definition) is 8. The molecule has 14 heteroatoms. The molecule has 0 aromatic heterocycles. The van der Waals surface area contributed by atoms with Crippen LogP contribution in [0.1, 0.15) is 32.3 Å². The van der Waals surface area contributed by atoms with Crippen LogP contribution in [0.25, 0.3) is 0 Å². The number of primary amides is 1. The number of carbonyl (C=O) groups excluding carboxylic acids is 4. The third-order valence-corrected chi connectivity index (χ3v) is 5.01. The fraction of sp³-hybridized carbons (Fsp3) is 0.455. The fourth-order valence-electron chi connectivity index (χ4n) is 3.09. The third kappa shape index (κ3) is 9.97. The summed E-state index contributed by atoms with van der Waals surface area (Å²) in [4.78, 5) is 71.7. The Labute approximate surface area is 206 Å². The Bertz CT molecular complexity index is 981. The molecule has 10 N–H and O–H groups in total. The van der Waals surface area contributed by atoms with Crippen molar-refractivity contribution >= 4 is 35.6 Å². The van der Waals surface area contributed by atoms with Crippen LogP contribution in [0.15, 0.2) is 24.3 Å². The lowest BCUT2D eigenvalue weighted by molar-refractivity contribution is -0.143. The maximum atomic E-state index is 12.9. The molecular weight excluding hydrogens is 478 g/mol. The third-order valence-electron chi connectivity index (χ3n) is 5.01. The summed E-state index contributed by atoms with van der Waals surface area (Å²) in [6.07, 6.45) is -1.51. The molecule has 0 aliphatic rings. The summed E-state index contributed by atoms with van der Waals surface area (Å²) in [5.74, 6) is -7.12. The van der Waals surface area contributed by atoms with Gasteiger partial charge in [-0.15, -0.1) is 0 Å². The lowest BCUT2D eigenvalue weighted by Gasteiger charge is -2.26. The molecule has 36 heavy (non-hydrogen) atoms. The number of hydrogen-bond acceptors (Lipinski definition) is 8. The number of rotatable bonds is 14. The number of aliphatic carboxylic acids is 2. The lowest BCUT2D eigenvalue weighted by atomic mass is 10.0. The molecule has 0 spiro atoms. The zero-order valence-corrected chi connectivity index (χ0v) is 19.8. The molecule has 198 valence electrons. The normalized spacial score (nSPS) is 14.1. The number of carbonyl (C=O) groups is 6. The molecule has 1 rings (SSSR count). The van der Waals surface area contributed by atoms with E-state index in [9.17, 15) is 39.0 Å². The summed E-state index contributed by atoms with van der Waals surface area (Å²) >= 11 is 0. The van der Waals surface area contributed by atoms with E-state index in [1.54, 1.807) is 13.8 Å². The Morgan fingerprint density at radius 2 is 1.39 bits per heavy atom. The van der Waals surface area contributed by atoms with Crippen molar-refractivity contribution in [3.8, 4) is 5.75 Å². The average molecular weight is 510 g/mol. The second kappa shape index (κ2) is 13.6. The summed E-state index contributed by atoms with van der Waals surface area (Å²) in [6.45, 7) is 3.13. The van der Waals surface area contributed by atoms with Crippen LogP contribution in [-0.2, 0) is 35.2 Å². The number of aromatic hydroxyl groups is 1. The molecule has 0 bridgehead atoms. The van der Waals surface area contributed by atoms with E-state index in [1.165, 1.54) is 24.3 Å². The standard InChI is InChI=1S/C22H31N5O9/c1-10(2)18(21(34)26-15(22(35)36)7-11-3-5-12(28)6-4-11)27-20(33)14(9-17(30)31)25-19(32)13(23)8-16(24)29/h3-6,10,13-15,18,28H,7-9,23H2,1-2H3,(H2,24,29)(H,25,32)(H,26,34)(H,27,33)(H,30,31)(H,35,36). The minimum absolute atomic E-state index is 0.0177. The van der Waals surface area contributed by atoms with Gasteiger partial charge in [-0.2, -0.15) is 0 Å². The van der Waals surface area contributed by atoms with Gasteiger partial charge in [0.15, 0.2) is 0 Å². The van der Waals surface area contributed by atoms with E-state index >= 15 is 0 Å². The topological polar surface area (TPSA) is 251 Å². The van der Waals surface area contributed by atoms with Gasteiger partial charge in [0.25, 0.3) is 0 Å². The Balaban J connectivity index is 2.98. The fourth-order valence-corrected chi connectivity index (χ4v) is 3.09. The van der Waals surface area contributed by atoms with Gasteiger partial charge in [0.05, 0.1) is 18.9 Å². The molecule has 0 radical (unpaired) electrons. The van der Waals surface area contributed by atoms with Gasteiger partial charge in [-0.05, 0) is 23.6 Å². The average Bonchev–Trinajstić information content (AvgIpc) is 2.76. The summed E-state index contributed by atoms with van der Waals surface area (Å²) in [5, 5.41) is 34.8. The van der Waals surface area contributed by atoms with E-state index in [1.807, 2.05) is 0 Å². The molecule has 0 fully saturated rings. The number of phenols is 1. The van der Waals surface area contributed by atoms with Crippen LogP contribution in [0, 0.1) is 5.92 Å². The van der Waals surface area contributed by atoms with Crippen LogP contribution >= 0.6 is 0 Å². The zero-order valence-electron chi connectivity index (χ0n) is 19.8. The quantitative estimate of drug-likeness (QED) is 0.134.